The standard InChI is InChI=1S/C19H25N3O4S/c1-20-27(24,25)18-11-14(9-10-17(18)26-4)19(23)21-12-15-7-5-6-8-16(15)13-22(2)3/h5-11,20H,12-13H2,1-4H3,(H,21,23). The highest BCUT2D eigenvalue weighted by atomic mass is 32.2. The van der Waals surface area contributed by atoms with Crippen molar-refractivity contribution in [2.24, 2.45) is 0 Å². The van der Waals surface area contributed by atoms with Crippen molar-refractivity contribution in [1.29, 1.82) is 0 Å². The zero-order chi connectivity index (χ0) is 20.0. The summed E-state index contributed by atoms with van der Waals surface area (Å²) in [6, 6.07) is 12.2. The second kappa shape index (κ2) is 8.98. The molecule has 27 heavy (non-hydrogen) atoms. The van der Waals surface area contributed by atoms with Gasteiger partial charge in [0.2, 0.25) is 10.0 Å². The molecule has 0 aromatic heterocycles. The fourth-order valence-corrected chi connectivity index (χ4v) is 3.56. The number of nitrogens with zero attached hydrogens (tertiary/aromatic N) is 1. The zero-order valence-corrected chi connectivity index (χ0v) is 16.8. The third-order valence-electron chi connectivity index (χ3n) is 4.03. The summed E-state index contributed by atoms with van der Waals surface area (Å²) in [4.78, 5) is 14.5. The maximum atomic E-state index is 12.5. The summed E-state index contributed by atoms with van der Waals surface area (Å²) < 4.78 is 31.6. The van der Waals surface area contributed by atoms with Gasteiger partial charge in [0.1, 0.15) is 10.6 Å². The molecule has 2 aromatic carbocycles. The van der Waals surface area contributed by atoms with Gasteiger partial charge in [0.25, 0.3) is 5.91 Å². The van der Waals surface area contributed by atoms with E-state index in [1.54, 1.807) is 0 Å². The van der Waals surface area contributed by atoms with Crippen LogP contribution in [0, 0.1) is 0 Å². The summed E-state index contributed by atoms with van der Waals surface area (Å²) in [5, 5.41) is 2.85. The lowest BCUT2D eigenvalue weighted by atomic mass is 10.1. The maximum Gasteiger partial charge on any atom is 0.251 e. The molecule has 0 saturated carbocycles. The Morgan fingerprint density at radius 2 is 1.78 bits per heavy atom. The average molecular weight is 391 g/mol. The maximum absolute atomic E-state index is 12.5. The van der Waals surface area contributed by atoms with Crippen molar-refractivity contribution in [2.75, 3.05) is 28.3 Å². The molecule has 146 valence electrons. The second-order valence-electron chi connectivity index (χ2n) is 6.26. The molecule has 2 rings (SSSR count). The van der Waals surface area contributed by atoms with Gasteiger partial charge in [-0.15, -0.1) is 0 Å². The number of sulfonamides is 1. The molecular weight excluding hydrogens is 366 g/mol. The van der Waals surface area contributed by atoms with Gasteiger partial charge in [-0.3, -0.25) is 4.79 Å². The molecule has 1 amide bonds. The Balaban J connectivity index is 2.21. The molecule has 0 unspecified atom stereocenters. The third kappa shape index (κ3) is 5.29. The number of methoxy groups -OCH3 is 1. The Morgan fingerprint density at radius 3 is 2.37 bits per heavy atom. The minimum atomic E-state index is -3.74. The smallest absolute Gasteiger partial charge is 0.251 e. The Hall–Kier alpha value is -2.42. The topological polar surface area (TPSA) is 87.7 Å². The van der Waals surface area contributed by atoms with Crippen LogP contribution in [0.4, 0.5) is 0 Å². The van der Waals surface area contributed by atoms with Crippen molar-refractivity contribution in [2.45, 2.75) is 18.0 Å². The van der Waals surface area contributed by atoms with Gasteiger partial charge in [0.05, 0.1) is 7.11 Å². The van der Waals surface area contributed by atoms with E-state index in [1.807, 2.05) is 38.4 Å². The number of ether oxygens (including phenoxy) is 1. The molecule has 0 aliphatic heterocycles. The quantitative estimate of drug-likeness (QED) is 0.714. The Morgan fingerprint density at radius 1 is 1.11 bits per heavy atom. The first kappa shape index (κ1) is 20.9. The number of hydrogen-bond acceptors (Lipinski definition) is 5. The molecule has 0 aliphatic carbocycles. The van der Waals surface area contributed by atoms with E-state index >= 15 is 0 Å². The van der Waals surface area contributed by atoms with Crippen LogP contribution in [0.15, 0.2) is 47.4 Å². The van der Waals surface area contributed by atoms with Crippen molar-refractivity contribution < 1.29 is 17.9 Å². The highest BCUT2D eigenvalue weighted by Gasteiger charge is 2.20. The molecule has 2 N–H and O–H groups in total. The molecule has 0 atom stereocenters. The predicted molar refractivity (Wildman–Crippen MR) is 104 cm³/mol. The lowest BCUT2D eigenvalue weighted by molar-refractivity contribution is 0.0950. The lowest BCUT2D eigenvalue weighted by Gasteiger charge is -2.15. The van der Waals surface area contributed by atoms with E-state index in [9.17, 15) is 13.2 Å². The van der Waals surface area contributed by atoms with Gasteiger partial charge >= 0.3 is 0 Å². The lowest BCUT2D eigenvalue weighted by Crippen LogP contribution is -2.25. The monoisotopic (exact) mass is 391 g/mol. The first-order valence-electron chi connectivity index (χ1n) is 8.39. The fourth-order valence-electron chi connectivity index (χ4n) is 2.64. The Labute approximate surface area is 160 Å². The number of nitrogens with one attached hydrogen (secondary N) is 2. The van der Waals surface area contributed by atoms with Crippen LogP contribution in [0.5, 0.6) is 5.75 Å². The van der Waals surface area contributed by atoms with Gasteiger partial charge in [-0.05, 0) is 50.5 Å². The largest absolute Gasteiger partial charge is 0.495 e. The summed E-state index contributed by atoms with van der Waals surface area (Å²) in [6.07, 6.45) is 0. The number of amides is 1. The number of benzene rings is 2. The van der Waals surface area contributed by atoms with Crippen molar-refractivity contribution in [3.63, 3.8) is 0 Å². The molecule has 0 aliphatic rings. The van der Waals surface area contributed by atoms with Crippen molar-refractivity contribution >= 4 is 15.9 Å². The fraction of sp³-hybridized carbons (Fsp3) is 0.316. The molecule has 0 radical (unpaired) electrons. The number of hydrogen-bond donors (Lipinski definition) is 2. The molecular formula is C19H25N3O4S. The van der Waals surface area contributed by atoms with Crippen LogP contribution < -0.4 is 14.8 Å². The zero-order valence-electron chi connectivity index (χ0n) is 15.9. The van der Waals surface area contributed by atoms with Gasteiger partial charge < -0.3 is 15.0 Å². The van der Waals surface area contributed by atoms with E-state index in [2.05, 4.69) is 14.9 Å². The molecule has 2 aromatic rings. The number of carbonyl (C=O) groups excluding carboxylic acids is 1. The Bertz CT molecular complexity index is 911. The van der Waals surface area contributed by atoms with Crippen molar-refractivity contribution in [1.82, 2.24) is 14.9 Å². The van der Waals surface area contributed by atoms with Crippen LogP contribution in [-0.2, 0) is 23.1 Å². The van der Waals surface area contributed by atoms with Crippen molar-refractivity contribution in [3.05, 3.63) is 59.2 Å². The first-order valence-corrected chi connectivity index (χ1v) is 9.88. The van der Waals surface area contributed by atoms with Crippen LogP contribution in [0.3, 0.4) is 0 Å². The molecule has 0 saturated heterocycles. The summed E-state index contributed by atoms with van der Waals surface area (Å²) >= 11 is 0. The van der Waals surface area contributed by atoms with Crippen LogP contribution in [0.1, 0.15) is 21.5 Å². The SMILES string of the molecule is CNS(=O)(=O)c1cc(C(=O)NCc2ccccc2CN(C)C)ccc1OC. The normalized spacial score (nSPS) is 11.4. The Kier molecular flexibility index (Phi) is 6.95. The van der Waals surface area contributed by atoms with E-state index in [0.29, 0.717) is 6.54 Å². The van der Waals surface area contributed by atoms with Gasteiger partial charge in [-0.1, -0.05) is 24.3 Å². The summed E-state index contributed by atoms with van der Waals surface area (Å²) in [5.41, 5.74) is 2.38. The predicted octanol–water partition coefficient (Wildman–Crippen LogP) is 1.59. The van der Waals surface area contributed by atoms with Crippen LogP contribution in [-0.4, -0.2) is 47.5 Å². The van der Waals surface area contributed by atoms with E-state index < -0.39 is 10.0 Å². The minimum absolute atomic E-state index is 0.0758. The van der Waals surface area contributed by atoms with Gasteiger partial charge in [0, 0.05) is 18.7 Å². The molecule has 8 heteroatoms. The van der Waals surface area contributed by atoms with Gasteiger partial charge in [-0.25, -0.2) is 13.1 Å². The summed E-state index contributed by atoms with van der Waals surface area (Å²) in [7, 11) is 2.91. The highest BCUT2D eigenvalue weighted by molar-refractivity contribution is 7.89. The first-order chi connectivity index (χ1) is 12.8. The molecule has 0 bridgehead atoms. The van der Waals surface area contributed by atoms with E-state index in [1.165, 1.54) is 32.4 Å². The van der Waals surface area contributed by atoms with Crippen molar-refractivity contribution in [3.8, 4) is 5.75 Å². The van der Waals surface area contributed by atoms with Crippen LogP contribution in [0.25, 0.3) is 0 Å². The van der Waals surface area contributed by atoms with Gasteiger partial charge in [0.15, 0.2) is 0 Å². The van der Waals surface area contributed by atoms with E-state index in [-0.39, 0.29) is 22.1 Å². The van der Waals surface area contributed by atoms with Crippen LogP contribution in [0.2, 0.25) is 0 Å². The number of carbonyl (C=O) groups is 1. The molecule has 0 heterocycles. The highest BCUT2D eigenvalue weighted by Crippen LogP contribution is 2.24. The third-order valence-corrected chi connectivity index (χ3v) is 5.46. The second-order valence-corrected chi connectivity index (χ2v) is 8.12. The molecule has 0 fully saturated rings. The molecule has 7 nitrogen and oxygen atoms in total. The summed E-state index contributed by atoms with van der Waals surface area (Å²) in [6.45, 7) is 1.11. The summed E-state index contributed by atoms with van der Waals surface area (Å²) in [5.74, 6) is -0.179. The van der Waals surface area contributed by atoms with Crippen LogP contribution >= 0.6 is 0 Å². The van der Waals surface area contributed by atoms with E-state index in [4.69, 9.17) is 4.74 Å². The minimum Gasteiger partial charge on any atom is -0.495 e. The number of rotatable bonds is 8. The average Bonchev–Trinajstić information content (AvgIpc) is 2.66. The van der Waals surface area contributed by atoms with E-state index in [0.717, 1.165) is 17.7 Å². The van der Waals surface area contributed by atoms with Gasteiger partial charge in [-0.2, -0.15) is 0 Å². The molecule has 0 spiro atoms.